The van der Waals surface area contributed by atoms with Gasteiger partial charge in [0.1, 0.15) is 5.82 Å². The van der Waals surface area contributed by atoms with Crippen LogP contribution in [0.5, 0.6) is 0 Å². The van der Waals surface area contributed by atoms with E-state index in [-0.39, 0.29) is 11.3 Å². The van der Waals surface area contributed by atoms with Crippen LogP contribution in [0.4, 0.5) is 10.1 Å². The van der Waals surface area contributed by atoms with Crippen LogP contribution in [0.15, 0.2) is 42.5 Å². The molecule has 0 saturated carbocycles. The summed E-state index contributed by atoms with van der Waals surface area (Å²) in [5.41, 5.74) is 2.84. The zero-order valence-electron chi connectivity index (χ0n) is 12.8. The van der Waals surface area contributed by atoms with Crippen LogP contribution in [0, 0.1) is 12.7 Å². The molecule has 1 N–H and O–H groups in total. The summed E-state index contributed by atoms with van der Waals surface area (Å²) >= 11 is 0. The Bertz CT molecular complexity index is 671. The molecule has 2 aromatic rings. The lowest BCUT2D eigenvalue weighted by atomic mass is 9.86. The fourth-order valence-electron chi connectivity index (χ4n) is 2.27. The van der Waals surface area contributed by atoms with E-state index in [4.69, 9.17) is 0 Å². The number of rotatable bonds is 2. The fourth-order valence-corrected chi connectivity index (χ4v) is 2.27. The smallest absolute Gasteiger partial charge is 0.256 e. The first kappa shape index (κ1) is 15.2. The van der Waals surface area contributed by atoms with Crippen molar-refractivity contribution < 1.29 is 9.18 Å². The molecule has 3 heteroatoms. The third-order valence-electron chi connectivity index (χ3n) is 3.43. The standard InChI is InChI=1S/C18H20FNO/c1-12-9-10-13(19)11-14(12)17(21)20-16-8-6-5-7-15(16)18(2,3)4/h5-11H,1-4H3,(H,20,21). The minimum Gasteiger partial charge on any atom is -0.322 e. The van der Waals surface area contributed by atoms with Crippen LogP contribution in [0.1, 0.15) is 42.3 Å². The molecule has 0 aliphatic rings. The maximum absolute atomic E-state index is 13.3. The summed E-state index contributed by atoms with van der Waals surface area (Å²) < 4.78 is 13.3. The number of hydrogen-bond donors (Lipinski definition) is 1. The largest absolute Gasteiger partial charge is 0.322 e. The van der Waals surface area contributed by atoms with Crippen molar-refractivity contribution in [2.75, 3.05) is 5.32 Å². The molecule has 0 radical (unpaired) electrons. The lowest BCUT2D eigenvalue weighted by Crippen LogP contribution is -2.19. The lowest BCUT2D eigenvalue weighted by molar-refractivity contribution is 0.102. The molecule has 0 aromatic heterocycles. The van der Waals surface area contributed by atoms with E-state index in [0.29, 0.717) is 5.56 Å². The Hall–Kier alpha value is -2.16. The number of anilines is 1. The predicted octanol–water partition coefficient (Wildman–Crippen LogP) is 4.68. The summed E-state index contributed by atoms with van der Waals surface area (Å²) in [6.07, 6.45) is 0. The van der Waals surface area contributed by atoms with Gasteiger partial charge >= 0.3 is 0 Å². The van der Waals surface area contributed by atoms with Gasteiger partial charge in [-0.25, -0.2) is 4.39 Å². The molecule has 110 valence electrons. The van der Waals surface area contributed by atoms with E-state index in [9.17, 15) is 9.18 Å². The van der Waals surface area contributed by atoms with Crippen LogP contribution >= 0.6 is 0 Å². The van der Waals surface area contributed by atoms with Gasteiger partial charge in [0.15, 0.2) is 0 Å². The van der Waals surface area contributed by atoms with Crippen molar-refractivity contribution in [3.05, 3.63) is 65.0 Å². The van der Waals surface area contributed by atoms with Crippen molar-refractivity contribution in [3.8, 4) is 0 Å². The topological polar surface area (TPSA) is 29.1 Å². The molecular formula is C18H20FNO. The van der Waals surface area contributed by atoms with Gasteiger partial charge < -0.3 is 5.32 Å². The van der Waals surface area contributed by atoms with Gasteiger partial charge in [-0.1, -0.05) is 45.0 Å². The molecule has 0 spiro atoms. The highest BCUT2D eigenvalue weighted by molar-refractivity contribution is 6.05. The first-order valence-corrected chi connectivity index (χ1v) is 6.96. The molecule has 0 fully saturated rings. The highest BCUT2D eigenvalue weighted by atomic mass is 19.1. The van der Waals surface area contributed by atoms with Gasteiger partial charge in [-0.05, 0) is 41.7 Å². The van der Waals surface area contributed by atoms with Crippen LogP contribution in [0.3, 0.4) is 0 Å². The number of para-hydroxylation sites is 1. The summed E-state index contributed by atoms with van der Waals surface area (Å²) in [4.78, 5) is 12.4. The molecule has 21 heavy (non-hydrogen) atoms. The second kappa shape index (κ2) is 5.68. The number of nitrogens with one attached hydrogen (secondary N) is 1. The van der Waals surface area contributed by atoms with E-state index in [1.54, 1.807) is 13.0 Å². The Balaban J connectivity index is 2.35. The van der Waals surface area contributed by atoms with Gasteiger partial charge in [-0.2, -0.15) is 0 Å². The number of hydrogen-bond acceptors (Lipinski definition) is 1. The van der Waals surface area contributed by atoms with Crippen LogP contribution in [-0.2, 0) is 5.41 Å². The van der Waals surface area contributed by atoms with Gasteiger partial charge in [-0.3, -0.25) is 4.79 Å². The van der Waals surface area contributed by atoms with E-state index in [1.807, 2.05) is 24.3 Å². The van der Waals surface area contributed by atoms with Gasteiger partial charge in [0.2, 0.25) is 0 Å². The van der Waals surface area contributed by atoms with Crippen molar-refractivity contribution in [3.63, 3.8) is 0 Å². The van der Waals surface area contributed by atoms with Crippen molar-refractivity contribution in [2.45, 2.75) is 33.1 Å². The third-order valence-corrected chi connectivity index (χ3v) is 3.43. The van der Waals surface area contributed by atoms with Crippen molar-refractivity contribution in [1.29, 1.82) is 0 Å². The van der Waals surface area contributed by atoms with E-state index >= 15 is 0 Å². The zero-order chi connectivity index (χ0) is 15.6. The summed E-state index contributed by atoms with van der Waals surface area (Å²) in [7, 11) is 0. The molecule has 2 aromatic carbocycles. The van der Waals surface area contributed by atoms with Crippen molar-refractivity contribution in [2.24, 2.45) is 0 Å². The summed E-state index contributed by atoms with van der Waals surface area (Å²) in [6.45, 7) is 8.06. The predicted molar refractivity (Wildman–Crippen MR) is 84.2 cm³/mol. The third kappa shape index (κ3) is 3.48. The first-order chi connectivity index (χ1) is 9.79. The maximum atomic E-state index is 13.3. The van der Waals surface area contributed by atoms with Crippen LogP contribution in [-0.4, -0.2) is 5.91 Å². The van der Waals surface area contributed by atoms with E-state index < -0.39 is 5.82 Å². The molecule has 0 saturated heterocycles. The van der Waals surface area contributed by atoms with Gasteiger partial charge in [0, 0.05) is 11.3 Å². The van der Waals surface area contributed by atoms with Gasteiger partial charge in [0.25, 0.3) is 5.91 Å². The summed E-state index contributed by atoms with van der Waals surface area (Å²) in [5, 5.41) is 2.90. The molecule has 2 nitrogen and oxygen atoms in total. The average molecular weight is 285 g/mol. The average Bonchev–Trinajstić information content (AvgIpc) is 2.41. The highest BCUT2D eigenvalue weighted by Crippen LogP contribution is 2.29. The SMILES string of the molecule is Cc1ccc(F)cc1C(=O)Nc1ccccc1C(C)(C)C. The molecule has 0 heterocycles. The van der Waals surface area contributed by atoms with Crippen LogP contribution in [0.25, 0.3) is 0 Å². The molecule has 1 amide bonds. The number of benzene rings is 2. The number of aryl methyl sites for hydroxylation is 1. The number of amides is 1. The maximum Gasteiger partial charge on any atom is 0.256 e. The highest BCUT2D eigenvalue weighted by Gasteiger charge is 2.19. The lowest BCUT2D eigenvalue weighted by Gasteiger charge is -2.23. The van der Waals surface area contributed by atoms with Crippen LogP contribution < -0.4 is 5.32 Å². The molecule has 0 bridgehead atoms. The summed E-state index contributed by atoms with van der Waals surface area (Å²) in [5.74, 6) is -0.696. The van der Waals surface area contributed by atoms with E-state index in [0.717, 1.165) is 16.8 Å². The van der Waals surface area contributed by atoms with Crippen molar-refractivity contribution >= 4 is 11.6 Å². The first-order valence-electron chi connectivity index (χ1n) is 6.96. The fraction of sp³-hybridized carbons (Fsp3) is 0.278. The Morgan fingerprint density at radius 2 is 1.76 bits per heavy atom. The van der Waals surface area contributed by atoms with Gasteiger partial charge in [-0.15, -0.1) is 0 Å². The Kier molecular flexibility index (Phi) is 4.12. The molecule has 0 atom stereocenters. The second-order valence-electron chi connectivity index (χ2n) is 6.21. The summed E-state index contributed by atoms with van der Waals surface area (Å²) in [6, 6.07) is 11.9. The van der Waals surface area contributed by atoms with Crippen LogP contribution in [0.2, 0.25) is 0 Å². The minimum atomic E-state index is -0.408. The number of carbonyl (C=O) groups excluding carboxylic acids is 1. The molecule has 2 rings (SSSR count). The minimum absolute atomic E-state index is 0.0825. The second-order valence-corrected chi connectivity index (χ2v) is 6.21. The number of halogens is 1. The normalized spacial score (nSPS) is 11.3. The van der Waals surface area contributed by atoms with Crippen molar-refractivity contribution in [1.82, 2.24) is 0 Å². The molecule has 0 aliphatic heterocycles. The molecule has 0 unspecified atom stereocenters. The van der Waals surface area contributed by atoms with E-state index in [1.165, 1.54) is 12.1 Å². The monoisotopic (exact) mass is 285 g/mol. The zero-order valence-corrected chi connectivity index (χ0v) is 12.8. The molecule has 0 aliphatic carbocycles. The Morgan fingerprint density at radius 3 is 2.43 bits per heavy atom. The molecular weight excluding hydrogens is 265 g/mol. The van der Waals surface area contributed by atoms with Gasteiger partial charge in [0.05, 0.1) is 0 Å². The number of carbonyl (C=O) groups is 1. The Morgan fingerprint density at radius 1 is 1.10 bits per heavy atom. The Labute approximate surface area is 125 Å². The van der Waals surface area contributed by atoms with E-state index in [2.05, 4.69) is 26.1 Å². The quantitative estimate of drug-likeness (QED) is 0.852.